The van der Waals surface area contributed by atoms with Crippen molar-refractivity contribution >= 4 is 11.3 Å². The maximum atomic E-state index is 12.3. The van der Waals surface area contributed by atoms with Gasteiger partial charge in [-0.15, -0.1) is 0 Å². The number of nitrogens with one attached hydrogen (secondary N) is 1. The molecule has 1 N–H and O–H groups in total. The van der Waals surface area contributed by atoms with Gasteiger partial charge in [0.05, 0.1) is 5.69 Å². The van der Waals surface area contributed by atoms with E-state index in [0.29, 0.717) is 18.1 Å². The number of aromatic nitrogens is 3. The molecule has 4 rings (SSSR count). The first-order valence-electron chi connectivity index (χ1n) is 7.56. The Morgan fingerprint density at radius 2 is 2.26 bits per heavy atom. The molecule has 0 amide bonds. The molecule has 0 spiro atoms. The lowest BCUT2D eigenvalue weighted by Crippen LogP contribution is -2.35. The van der Waals surface area contributed by atoms with Gasteiger partial charge in [-0.2, -0.15) is 11.3 Å². The molecule has 3 aromatic heterocycles. The number of hydrogen-bond acceptors (Lipinski definition) is 5. The van der Waals surface area contributed by atoms with Crippen LogP contribution >= 0.6 is 11.3 Å². The van der Waals surface area contributed by atoms with Gasteiger partial charge in [0.1, 0.15) is 5.69 Å². The highest BCUT2D eigenvalue weighted by Gasteiger charge is 2.21. The highest BCUT2D eigenvalue weighted by molar-refractivity contribution is 7.07. The summed E-state index contributed by atoms with van der Waals surface area (Å²) >= 11 is 1.71. The van der Waals surface area contributed by atoms with Gasteiger partial charge in [-0.05, 0) is 40.9 Å². The Hall–Kier alpha value is -2.31. The molecule has 116 valence electrons. The van der Waals surface area contributed by atoms with Crippen LogP contribution in [0.2, 0.25) is 0 Å². The fourth-order valence-corrected chi connectivity index (χ4v) is 3.55. The van der Waals surface area contributed by atoms with E-state index < -0.39 is 0 Å². The Balaban J connectivity index is 1.64. The first-order chi connectivity index (χ1) is 11.3. The molecular formula is C17H16N4OS. The Bertz CT molecular complexity index is 858. The summed E-state index contributed by atoms with van der Waals surface area (Å²) in [5.41, 5.74) is 3.66. The monoisotopic (exact) mass is 324 g/mol. The zero-order valence-electron chi connectivity index (χ0n) is 12.5. The molecule has 0 unspecified atom stereocenters. The zero-order chi connectivity index (χ0) is 15.6. The average Bonchev–Trinajstić information content (AvgIpc) is 3.08. The van der Waals surface area contributed by atoms with E-state index in [1.807, 2.05) is 18.2 Å². The largest absolute Gasteiger partial charge is 0.305 e. The lowest BCUT2D eigenvalue weighted by molar-refractivity contribution is 0.241. The molecule has 0 aromatic carbocycles. The van der Waals surface area contributed by atoms with Crippen molar-refractivity contribution in [3.05, 3.63) is 68.4 Å². The summed E-state index contributed by atoms with van der Waals surface area (Å²) < 4.78 is 0. The van der Waals surface area contributed by atoms with Crippen molar-refractivity contribution in [1.29, 1.82) is 0 Å². The number of rotatable bonds is 3. The predicted molar refractivity (Wildman–Crippen MR) is 90.2 cm³/mol. The molecular weight excluding hydrogens is 308 g/mol. The van der Waals surface area contributed by atoms with Crippen LogP contribution in [0.1, 0.15) is 16.8 Å². The van der Waals surface area contributed by atoms with E-state index in [-0.39, 0.29) is 5.56 Å². The van der Waals surface area contributed by atoms with E-state index >= 15 is 0 Å². The van der Waals surface area contributed by atoms with Gasteiger partial charge in [-0.3, -0.25) is 14.7 Å². The first kappa shape index (κ1) is 14.3. The number of thiophene rings is 1. The van der Waals surface area contributed by atoms with Crippen molar-refractivity contribution in [2.45, 2.75) is 19.5 Å². The van der Waals surface area contributed by atoms with E-state index in [1.54, 1.807) is 17.5 Å². The fraction of sp³-hybridized carbons (Fsp3) is 0.235. The Labute approximate surface area is 137 Å². The molecule has 5 nitrogen and oxygen atoms in total. The van der Waals surface area contributed by atoms with Gasteiger partial charge in [-0.1, -0.05) is 6.07 Å². The van der Waals surface area contributed by atoms with Crippen LogP contribution in [0.25, 0.3) is 11.5 Å². The number of H-pyrrole nitrogens is 1. The smallest absolute Gasteiger partial charge is 0.254 e. The first-order valence-corrected chi connectivity index (χ1v) is 8.51. The van der Waals surface area contributed by atoms with Crippen LogP contribution < -0.4 is 5.56 Å². The maximum absolute atomic E-state index is 12.3. The number of aromatic amines is 1. The molecule has 0 bridgehead atoms. The number of fused-ring (bicyclic) bond motifs is 1. The molecule has 0 atom stereocenters. The zero-order valence-corrected chi connectivity index (χ0v) is 13.3. The Morgan fingerprint density at radius 1 is 1.30 bits per heavy atom. The second-order valence-corrected chi connectivity index (χ2v) is 6.43. The molecule has 1 aliphatic heterocycles. The van der Waals surface area contributed by atoms with Crippen molar-refractivity contribution in [1.82, 2.24) is 19.9 Å². The van der Waals surface area contributed by atoms with Crippen molar-refractivity contribution < 1.29 is 0 Å². The van der Waals surface area contributed by atoms with Gasteiger partial charge in [0, 0.05) is 31.4 Å². The van der Waals surface area contributed by atoms with Crippen LogP contribution in [0.5, 0.6) is 0 Å². The third-order valence-corrected chi connectivity index (χ3v) is 4.78. The minimum Gasteiger partial charge on any atom is -0.305 e. The van der Waals surface area contributed by atoms with Crippen molar-refractivity contribution in [2.24, 2.45) is 0 Å². The van der Waals surface area contributed by atoms with Crippen LogP contribution in [0.4, 0.5) is 0 Å². The Morgan fingerprint density at radius 3 is 3.04 bits per heavy atom. The van der Waals surface area contributed by atoms with Crippen LogP contribution in [-0.4, -0.2) is 26.4 Å². The van der Waals surface area contributed by atoms with Crippen molar-refractivity contribution in [3.8, 4) is 11.5 Å². The van der Waals surface area contributed by atoms with Crippen LogP contribution in [0.3, 0.4) is 0 Å². The molecule has 0 fully saturated rings. The van der Waals surface area contributed by atoms with Crippen molar-refractivity contribution in [3.63, 3.8) is 0 Å². The van der Waals surface area contributed by atoms with E-state index in [0.717, 1.165) is 30.8 Å². The minimum atomic E-state index is -0.0363. The molecule has 0 saturated heterocycles. The topological polar surface area (TPSA) is 61.9 Å². The summed E-state index contributed by atoms with van der Waals surface area (Å²) in [6, 6.07) is 7.74. The predicted octanol–water partition coefficient (Wildman–Crippen LogP) is 2.45. The highest BCUT2D eigenvalue weighted by atomic mass is 32.1. The van der Waals surface area contributed by atoms with Gasteiger partial charge in [0.2, 0.25) is 0 Å². The van der Waals surface area contributed by atoms with Crippen molar-refractivity contribution in [2.75, 3.05) is 6.54 Å². The van der Waals surface area contributed by atoms with Gasteiger partial charge < -0.3 is 4.98 Å². The summed E-state index contributed by atoms with van der Waals surface area (Å²) in [5.74, 6) is 0.548. The standard InChI is InChI=1S/C17H16N4OS/c22-17-13-4-7-21(9-12-5-8-23-11-12)10-15(13)19-16(20-17)14-3-1-2-6-18-14/h1-3,5-6,8,11H,4,7,9-10H2,(H,19,20,22). The van der Waals surface area contributed by atoms with Gasteiger partial charge in [0.15, 0.2) is 5.82 Å². The third kappa shape index (κ3) is 2.95. The fourth-order valence-electron chi connectivity index (χ4n) is 2.89. The van der Waals surface area contributed by atoms with E-state index in [2.05, 4.69) is 36.7 Å². The van der Waals surface area contributed by atoms with Crippen LogP contribution in [0.15, 0.2) is 46.0 Å². The second-order valence-electron chi connectivity index (χ2n) is 5.65. The average molecular weight is 324 g/mol. The van der Waals surface area contributed by atoms with E-state index in [4.69, 9.17) is 0 Å². The summed E-state index contributed by atoms with van der Waals surface area (Å²) in [6.07, 6.45) is 2.45. The third-order valence-electron chi connectivity index (χ3n) is 4.05. The quantitative estimate of drug-likeness (QED) is 0.804. The molecule has 23 heavy (non-hydrogen) atoms. The number of pyridine rings is 1. The molecule has 0 saturated carbocycles. The molecule has 3 aromatic rings. The van der Waals surface area contributed by atoms with Crippen LogP contribution in [0, 0.1) is 0 Å². The molecule has 1 aliphatic rings. The minimum absolute atomic E-state index is 0.0363. The maximum Gasteiger partial charge on any atom is 0.254 e. The van der Waals surface area contributed by atoms with Gasteiger partial charge >= 0.3 is 0 Å². The molecule has 6 heteroatoms. The lowest BCUT2D eigenvalue weighted by Gasteiger charge is -2.27. The SMILES string of the molecule is O=c1[nH]c(-c2ccccn2)nc2c1CCN(Cc1ccsc1)C2. The van der Waals surface area contributed by atoms with Crippen LogP contribution in [-0.2, 0) is 19.5 Å². The molecule has 0 radical (unpaired) electrons. The number of hydrogen-bond donors (Lipinski definition) is 1. The molecule has 0 aliphatic carbocycles. The highest BCUT2D eigenvalue weighted by Crippen LogP contribution is 2.19. The Kier molecular flexibility index (Phi) is 3.77. The normalized spacial score (nSPS) is 14.6. The summed E-state index contributed by atoms with van der Waals surface area (Å²) in [5, 5.41) is 4.26. The van der Waals surface area contributed by atoms with E-state index in [1.165, 1.54) is 5.56 Å². The molecule has 4 heterocycles. The van der Waals surface area contributed by atoms with Gasteiger partial charge in [-0.25, -0.2) is 4.98 Å². The summed E-state index contributed by atoms with van der Waals surface area (Å²) in [4.78, 5) is 26.5. The number of nitrogens with zero attached hydrogens (tertiary/aromatic N) is 3. The lowest BCUT2D eigenvalue weighted by atomic mass is 10.1. The summed E-state index contributed by atoms with van der Waals surface area (Å²) in [6.45, 7) is 2.49. The summed E-state index contributed by atoms with van der Waals surface area (Å²) in [7, 11) is 0. The van der Waals surface area contributed by atoms with E-state index in [9.17, 15) is 4.79 Å². The van der Waals surface area contributed by atoms with Gasteiger partial charge in [0.25, 0.3) is 5.56 Å². The second kappa shape index (κ2) is 6.06.